The molecule has 1 rings (SSSR count). The Morgan fingerprint density at radius 2 is 1.67 bits per heavy atom. The first-order chi connectivity index (χ1) is 9.70. The molecule has 9 heteroatoms. The number of imide groups is 1. The van der Waals surface area contributed by atoms with Gasteiger partial charge in [-0.3, -0.25) is 10.1 Å². The lowest BCUT2D eigenvalue weighted by Gasteiger charge is -2.12. The number of rotatable bonds is 4. The molecule has 0 saturated carbocycles. The Balaban J connectivity index is 3.01. The molecule has 0 aliphatic rings. The molecular weight excluding hydrogens is 300 g/mol. The van der Waals surface area contributed by atoms with Gasteiger partial charge in [0.2, 0.25) is 5.91 Å². The summed E-state index contributed by atoms with van der Waals surface area (Å²) in [6.45, 7) is 1.14. The predicted octanol–water partition coefficient (Wildman–Crippen LogP) is 0.00260. The molecule has 0 aliphatic heterocycles. The van der Waals surface area contributed by atoms with Crippen LogP contribution in [0.5, 0.6) is 0 Å². The fraction of sp³-hybridized carbons (Fsp3) is 0.250. The maximum atomic E-state index is 12.2. The first-order valence-electron chi connectivity index (χ1n) is 5.80. The first kappa shape index (κ1) is 16.6. The smallest absolute Gasteiger partial charge is 0.335 e. The second-order valence-corrected chi connectivity index (χ2v) is 6.35. The second kappa shape index (κ2) is 6.35. The van der Waals surface area contributed by atoms with Crippen molar-refractivity contribution in [1.29, 1.82) is 0 Å². The Hall–Kier alpha value is -2.42. The molecule has 0 fully saturated rings. The van der Waals surface area contributed by atoms with Crippen LogP contribution in [-0.2, 0) is 14.6 Å². The van der Waals surface area contributed by atoms with Crippen LogP contribution in [0.1, 0.15) is 17.3 Å². The number of amides is 3. The topological polar surface area (TPSA) is 130 Å². The van der Waals surface area contributed by atoms with Crippen LogP contribution in [0.3, 0.4) is 0 Å². The van der Waals surface area contributed by atoms with Gasteiger partial charge in [-0.05, 0) is 31.2 Å². The molecule has 114 valence electrons. The lowest BCUT2D eigenvalue weighted by Crippen LogP contribution is -2.44. The fourth-order valence-electron chi connectivity index (χ4n) is 1.41. The van der Waals surface area contributed by atoms with E-state index in [0.717, 1.165) is 31.2 Å². The Morgan fingerprint density at radius 1 is 1.14 bits per heavy atom. The van der Waals surface area contributed by atoms with Crippen molar-refractivity contribution in [3.8, 4) is 0 Å². The summed E-state index contributed by atoms with van der Waals surface area (Å²) in [5.41, 5.74) is -0.0728. The average Bonchev–Trinajstić information content (AvgIpc) is 2.46. The summed E-state index contributed by atoms with van der Waals surface area (Å²) in [5, 5.41) is 11.3. The number of hydrogen-bond acceptors (Lipinski definition) is 5. The monoisotopic (exact) mass is 314 g/mol. The van der Waals surface area contributed by atoms with Gasteiger partial charge in [0, 0.05) is 7.05 Å². The van der Waals surface area contributed by atoms with E-state index in [1.807, 2.05) is 5.32 Å². The summed E-state index contributed by atoms with van der Waals surface area (Å²) in [7, 11) is -2.74. The molecule has 0 aliphatic carbocycles. The summed E-state index contributed by atoms with van der Waals surface area (Å²) in [5.74, 6) is -2.17. The van der Waals surface area contributed by atoms with Crippen LogP contribution in [0.25, 0.3) is 0 Å². The highest BCUT2D eigenvalue weighted by Gasteiger charge is 2.30. The van der Waals surface area contributed by atoms with Crippen LogP contribution in [0.2, 0.25) is 0 Å². The van der Waals surface area contributed by atoms with Gasteiger partial charge in [0.05, 0.1) is 10.5 Å². The van der Waals surface area contributed by atoms with Crippen molar-refractivity contribution < 1.29 is 27.9 Å². The van der Waals surface area contributed by atoms with Crippen molar-refractivity contribution in [3.05, 3.63) is 29.8 Å². The summed E-state index contributed by atoms with van der Waals surface area (Å²) in [6.07, 6.45) is 0. The summed E-state index contributed by atoms with van der Waals surface area (Å²) >= 11 is 0. The molecule has 1 atom stereocenters. The molecule has 1 unspecified atom stereocenters. The number of carboxylic acid groups (broad SMARTS) is 1. The van der Waals surface area contributed by atoms with Crippen molar-refractivity contribution >= 4 is 27.7 Å². The van der Waals surface area contributed by atoms with E-state index in [9.17, 15) is 22.8 Å². The van der Waals surface area contributed by atoms with Crippen LogP contribution >= 0.6 is 0 Å². The molecule has 0 bridgehead atoms. The summed E-state index contributed by atoms with van der Waals surface area (Å²) < 4.78 is 24.4. The quantitative estimate of drug-likeness (QED) is 0.717. The van der Waals surface area contributed by atoms with E-state index in [1.165, 1.54) is 7.05 Å². The number of nitrogens with one attached hydrogen (secondary N) is 2. The van der Waals surface area contributed by atoms with E-state index >= 15 is 0 Å². The number of benzene rings is 1. The number of sulfone groups is 1. The van der Waals surface area contributed by atoms with Crippen LogP contribution in [0.4, 0.5) is 4.79 Å². The highest BCUT2D eigenvalue weighted by molar-refractivity contribution is 7.92. The molecule has 0 saturated heterocycles. The first-order valence-corrected chi connectivity index (χ1v) is 7.34. The van der Waals surface area contributed by atoms with Gasteiger partial charge in [-0.15, -0.1) is 0 Å². The zero-order valence-corrected chi connectivity index (χ0v) is 12.1. The van der Waals surface area contributed by atoms with Gasteiger partial charge in [-0.1, -0.05) is 0 Å². The van der Waals surface area contributed by atoms with Gasteiger partial charge in [0.15, 0.2) is 9.84 Å². The maximum absolute atomic E-state index is 12.2. The van der Waals surface area contributed by atoms with Crippen molar-refractivity contribution in [3.63, 3.8) is 0 Å². The van der Waals surface area contributed by atoms with Gasteiger partial charge in [0.25, 0.3) is 0 Å². The fourth-order valence-corrected chi connectivity index (χ4v) is 2.67. The van der Waals surface area contributed by atoms with Crippen LogP contribution < -0.4 is 10.6 Å². The largest absolute Gasteiger partial charge is 0.478 e. The molecule has 0 spiro atoms. The minimum absolute atomic E-state index is 0.0728. The average molecular weight is 314 g/mol. The van der Waals surface area contributed by atoms with Crippen molar-refractivity contribution in [2.24, 2.45) is 0 Å². The Bertz CT molecular complexity index is 665. The lowest BCUT2D eigenvalue weighted by molar-refractivity contribution is -0.119. The maximum Gasteiger partial charge on any atom is 0.335 e. The van der Waals surface area contributed by atoms with Crippen molar-refractivity contribution in [2.45, 2.75) is 17.1 Å². The number of carboxylic acids is 1. The van der Waals surface area contributed by atoms with Crippen LogP contribution in [-0.4, -0.2) is 43.7 Å². The number of carbonyl (C=O) groups excluding carboxylic acids is 2. The molecule has 1 aromatic rings. The second-order valence-electron chi connectivity index (χ2n) is 4.09. The third kappa shape index (κ3) is 3.78. The highest BCUT2D eigenvalue weighted by atomic mass is 32.2. The summed E-state index contributed by atoms with van der Waals surface area (Å²) in [4.78, 5) is 33.2. The normalized spacial score (nSPS) is 12.3. The molecule has 1 aromatic carbocycles. The summed E-state index contributed by atoms with van der Waals surface area (Å²) in [6, 6.07) is 3.63. The van der Waals surface area contributed by atoms with Gasteiger partial charge < -0.3 is 10.4 Å². The predicted molar refractivity (Wildman–Crippen MR) is 72.6 cm³/mol. The van der Waals surface area contributed by atoms with E-state index < -0.39 is 33.0 Å². The molecule has 3 N–H and O–H groups in total. The molecule has 21 heavy (non-hydrogen) atoms. The molecule has 0 heterocycles. The minimum Gasteiger partial charge on any atom is -0.478 e. The van der Waals surface area contributed by atoms with Gasteiger partial charge >= 0.3 is 12.0 Å². The standard InChI is InChI=1S/C12H14N2O6S/c1-7(10(15)14-12(18)13-2)21(19,20)9-5-3-8(4-6-9)11(16)17/h3-7H,1-2H3,(H,16,17)(H2,13,14,15,18). The number of urea groups is 1. The minimum atomic E-state index is -4.02. The molecule has 3 amide bonds. The van der Waals surface area contributed by atoms with E-state index in [4.69, 9.17) is 5.11 Å². The number of hydrogen-bond donors (Lipinski definition) is 3. The SMILES string of the molecule is CNC(=O)NC(=O)C(C)S(=O)(=O)c1ccc(C(=O)O)cc1. The molecule has 0 radical (unpaired) electrons. The Kier molecular flexibility index (Phi) is 5.03. The Morgan fingerprint density at radius 3 is 2.10 bits per heavy atom. The molecular formula is C12H14N2O6S. The number of aromatic carboxylic acids is 1. The zero-order chi connectivity index (χ0) is 16.2. The number of carbonyl (C=O) groups is 3. The van der Waals surface area contributed by atoms with Gasteiger partial charge in [0.1, 0.15) is 5.25 Å². The van der Waals surface area contributed by atoms with Gasteiger partial charge in [-0.2, -0.15) is 0 Å². The molecule has 8 nitrogen and oxygen atoms in total. The lowest BCUT2D eigenvalue weighted by atomic mass is 10.2. The third-order valence-electron chi connectivity index (χ3n) is 2.73. The third-order valence-corrected chi connectivity index (χ3v) is 4.80. The van der Waals surface area contributed by atoms with Gasteiger partial charge in [-0.25, -0.2) is 18.0 Å². The van der Waals surface area contributed by atoms with E-state index in [-0.39, 0.29) is 10.5 Å². The van der Waals surface area contributed by atoms with E-state index in [2.05, 4.69) is 5.32 Å². The van der Waals surface area contributed by atoms with Crippen molar-refractivity contribution in [2.75, 3.05) is 7.05 Å². The molecule has 0 aromatic heterocycles. The highest BCUT2D eigenvalue weighted by Crippen LogP contribution is 2.17. The van der Waals surface area contributed by atoms with E-state index in [0.29, 0.717) is 0 Å². The zero-order valence-electron chi connectivity index (χ0n) is 11.3. The Labute approximate surface area is 121 Å². The van der Waals surface area contributed by atoms with E-state index in [1.54, 1.807) is 0 Å². The van der Waals surface area contributed by atoms with Crippen LogP contribution in [0, 0.1) is 0 Å². The van der Waals surface area contributed by atoms with Crippen molar-refractivity contribution in [1.82, 2.24) is 10.6 Å². The van der Waals surface area contributed by atoms with Crippen LogP contribution in [0.15, 0.2) is 29.2 Å².